The predicted molar refractivity (Wildman–Crippen MR) is 96.0 cm³/mol. The zero-order valence-electron chi connectivity index (χ0n) is 15.0. The van der Waals surface area contributed by atoms with E-state index in [2.05, 4.69) is 30.5 Å². The SMILES string of the molecule is Cc1cc(CNC2CCC(NC(=O)OC(C)(C)C)CC2)c(C)s1. The summed E-state index contributed by atoms with van der Waals surface area (Å²) in [5.74, 6) is 0. The lowest BCUT2D eigenvalue weighted by Gasteiger charge is -2.30. The van der Waals surface area contributed by atoms with Crippen LogP contribution in [0.15, 0.2) is 6.07 Å². The van der Waals surface area contributed by atoms with Crippen LogP contribution in [0.1, 0.15) is 61.8 Å². The van der Waals surface area contributed by atoms with Crippen LogP contribution in [-0.4, -0.2) is 23.8 Å². The summed E-state index contributed by atoms with van der Waals surface area (Å²) in [7, 11) is 0. The van der Waals surface area contributed by atoms with Crippen molar-refractivity contribution in [2.45, 2.75) is 84.5 Å². The van der Waals surface area contributed by atoms with Gasteiger partial charge in [0.15, 0.2) is 0 Å². The molecule has 4 nitrogen and oxygen atoms in total. The van der Waals surface area contributed by atoms with Gasteiger partial charge in [0.1, 0.15) is 5.60 Å². The molecule has 23 heavy (non-hydrogen) atoms. The van der Waals surface area contributed by atoms with Crippen molar-refractivity contribution >= 4 is 17.4 Å². The fourth-order valence-electron chi connectivity index (χ4n) is 3.03. The molecule has 2 N–H and O–H groups in total. The second-order valence-electron chi connectivity index (χ2n) is 7.51. The minimum Gasteiger partial charge on any atom is -0.444 e. The number of ether oxygens (including phenoxy) is 1. The van der Waals surface area contributed by atoms with Gasteiger partial charge in [0.05, 0.1) is 0 Å². The molecule has 0 aliphatic heterocycles. The maximum atomic E-state index is 11.8. The lowest BCUT2D eigenvalue weighted by Crippen LogP contribution is -2.43. The Balaban J connectivity index is 1.69. The molecule has 1 saturated carbocycles. The van der Waals surface area contributed by atoms with Crippen molar-refractivity contribution in [1.29, 1.82) is 0 Å². The van der Waals surface area contributed by atoms with Crippen LogP contribution in [0.4, 0.5) is 4.79 Å². The molecule has 0 spiro atoms. The molecule has 1 aliphatic carbocycles. The van der Waals surface area contributed by atoms with Crippen LogP contribution in [0.2, 0.25) is 0 Å². The second-order valence-corrected chi connectivity index (χ2v) is 8.97. The van der Waals surface area contributed by atoms with Crippen LogP contribution in [0.5, 0.6) is 0 Å². The predicted octanol–water partition coefficient (Wildman–Crippen LogP) is 4.29. The van der Waals surface area contributed by atoms with Gasteiger partial charge in [-0.25, -0.2) is 4.79 Å². The van der Waals surface area contributed by atoms with E-state index in [0.717, 1.165) is 32.2 Å². The summed E-state index contributed by atoms with van der Waals surface area (Å²) < 4.78 is 5.32. The number of carbonyl (C=O) groups is 1. The maximum Gasteiger partial charge on any atom is 0.407 e. The number of nitrogens with one attached hydrogen (secondary N) is 2. The number of aryl methyl sites for hydroxylation is 2. The normalized spacial score (nSPS) is 22.0. The largest absolute Gasteiger partial charge is 0.444 e. The highest BCUT2D eigenvalue weighted by Gasteiger charge is 2.24. The minimum absolute atomic E-state index is 0.244. The van der Waals surface area contributed by atoms with E-state index in [0.29, 0.717) is 6.04 Å². The highest BCUT2D eigenvalue weighted by atomic mass is 32.1. The Labute approximate surface area is 144 Å². The fraction of sp³-hybridized carbons (Fsp3) is 0.722. The van der Waals surface area contributed by atoms with E-state index in [-0.39, 0.29) is 12.1 Å². The molecular formula is C18H30N2O2S. The van der Waals surface area contributed by atoms with Crippen molar-refractivity contribution in [2.24, 2.45) is 0 Å². The molecule has 1 fully saturated rings. The van der Waals surface area contributed by atoms with Gasteiger partial charge in [0.25, 0.3) is 0 Å². The van der Waals surface area contributed by atoms with Crippen LogP contribution in [0, 0.1) is 13.8 Å². The summed E-state index contributed by atoms with van der Waals surface area (Å²) in [6.07, 6.45) is 3.93. The summed E-state index contributed by atoms with van der Waals surface area (Å²) in [6, 6.07) is 3.07. The van der Waals surface area contributed by atoms with Crippen molar-refractivity contribution in [2.75, 3.05) is 0 Å². The third kappa shape index (κ3) is 6.15. The maximum absolute atomic E-state index is 11.8. The molecule has 2 rings (SSSR count). The summed E-state index contributed by atoms with van der Waals surface area (Å²) in [4.78, 5) is 14.6. The van der Waals surface area contributed by atoms with Gasteiger partial charge in [-0.2, -0.15) is 0 Å². The van der Waals surface area contributed by atoms with Crippen molar-refractivity contribution in [3.63, 3.8) is 0 Å². The third-order valence-electron chi connectivity index (χ3n) is 4.17. The molecule has 1 aromatic heterocycles. The van der Waals surface area contributed by atoms with Gasteiger partial charge < -0.3 is 15.4 Å². The van der Waals surface area contributed by atoms with E-state index in [1.54, 1.807) is 0 Å². The molecule has 0 aromatic carbocycles. The van der Waals surface area contributed by atoms with Crippen molar-refractivity contribution < 1.29 is 9.53 Å². The second kappa shape index (κ2) is 7.67. The van der Waals surface area contributed by atoms with E-state index in [1.807, 2.05) is 32.1 Å². The smallest absolute Gasteiger partial charge is 0.407 e. The summed E-state index contributed by atoms with van der Waals surface area (Å²) in [6.45, 7) is 11.0. The van der Waals surface area contributed by atoms with Gasteiger partial charge >= 0.3 is 6.09 Å². The molecular weight excluding hydrogens is 308 g/mol. The molecule has 130 valence electrons. The van der Waals surface area contributed by atoms with Crippen LogP contribution < -0.4 is 10.6 Å². The Kier molecular flexibility index (Phi) is 6.09. The van der Waals surface area contributed by atoms with Gasteiger partial charge in [0, 0.05) is 28.4 Å². The summed E-state index contributed by atoms with van der Waals surface area (Å²) >= 11 is 1.87. The first kappa shape index (κ1) is 18.3. The molecule has 0 saturated heterocycles. The van der Waals surface area contributed by atoms with Crippen molar-refractivity contribution in [1.82, 2.24) is 10.6 Å². The lowest BCUT2D eigenvalue weighted by molar-refractivity contribution is 0.0489. The standard InChI is InChI=1S/C18H30N2O2S/c1-12-10-14(13(2)23-12)11-19-15-6-8-16(9-7-15)20-17(21)22-18(3,4)5/h10,15-16,19H,6-9,11H2,1-5H3,(H,20,21). The molecule has 1 aliphatic rings. The number of hydrogen-bond acceptors (Lipinski definition) is 4. The molecule has 5 heteroatoms. The molecule has 1 amide bonds. The molecule has 1 aromatic rings. The quantitative estimate of drug-likeness (QED) is 0.861. The molecule has 0 radical (unpaired) electrons. The minimum atomic E-state index is -0.431. The average molecular weight is 339 g/mol. The highest BCUT2D eigenvalue weighted by Crippen LogP contribution is 2.23. The van der Waals surface area contributed by atoms with Crippen molar-refractivity contribution in [3.8, 4) is 0 Å². The topological polar surface area (TPSA) is 50.4 Å². The number of rotatable bonds is 4. The Morgan fingerprint density at radius 1 is 1.22 bits per heavy atom. The van der Waals surface area contributed by atoms with Crippen molar-refractivity contribution in [3.05, 3.63) is 21.4 Å². The zero-order valence-corrected chi connectivity index (χ0v) is 15.8. The summed E-state index contributed by atoms with van der Waals surface area (Å²) in [5, 5.41) is 6.66. The number of hydrogen-bond donors (Lipinski definition) is 2. The van der Waals surface area contributed by atoms with Crippen LogP contribution in [0.25, 0.3) is 0 Å². The van der Waals surface area contributed by atoms with E-state index in [1.165, 1.54) is 15.3 Å². The van der Waals surface area contributed by atoms with Gasteiger partial charge in [-0.05, 0) is 71.9 Å². The Hall–Kier alpha value is -1.07. The Morgan fingerprint density at radius 2 is 1.83 bits per heavy atom. The first-order chi connectivity index (χ1) is 10.7. The third-order valence-corrected chi connectivity index (χ3v) is 5.18. The molecule has 0 unspecified atom stereocenters. The van der Waals surface area contributed by atoms with Gasteiger partial charge in [-0.15, -0.1) is 11.3 Å². The van der Waals surface area contributed by atoms with E-state index in [9.17, 15) is 4.79 Å². The lowest BCUT2D eigenvalue weighted by atomic mass is 9.91. The Morgan fingerprint density at radius 3 is 2.35 bits per heavy atom. The van der Waals surface area contributed by atoms with Crippen LogP contribution >= 0.6 is 11.3 Å². The van der Waals surface area contributed by atoms with Gasteiger partial charge in [-0.3, -0.25) is 0 Å². The molecule has 0 atom stereocenters. The van der Waals surface area contributed by atoms with E-state index in [4.69, 9.17) is 4.74 Å². The zero-order chi connectivity index (χ0) is 17.0. The van der Waals surface area contributed by atoms with Crippen LogP contribution in [-0.2, 0) is 11.3 Å². The fourth-order valence-corrected chi connectivity index (χ4v) is 3.98. The monoisotopic (exact) mass is 338 g/mol. The summed E-state index contributed by atoms with van der Waals surface area (Å²) in [5.41, 5.74) is 0.987. The van der Waals surface area contributed by atoms with E-state index >= 15 is 0 Å². The average Bonchev–Trinajstić information content (AvgIpc) is 2.74. The highest BCUT2D eigenvalue weighted by molar-refractivity contribution is 7.12. The number of carbonyl (C=O) groups excluding carboxylic acids is 1. The number of alkyl carbamates (subject to hydrolysis) is 1. The number of thiophene rings is 1. The first-order valence-electron chi connectivity index (χ1n) is 8.52. The van der Waals surface area contributed by atoms with Crippen LogP contribution in [0.3, 0.4) is 0 Å². The Bertz CT molecular complexity index is 526. The molecule has 0 bridgehead atoms. The van der Waals surface area contributed by atoms with Gasteiger partial charge in [-0.1, -0.05) is 0 Å². The molecule has 1 heterocycles. The van der Waals surface area contributed by atoms with E-state index < -0.39 is 5.60 Å². The first-order valence-corrected chi connectivity index (χ1v) is 9.33. The van der Waals surface area contributed by atoms with Gasteiger partial charge in [0.2, 0.25) is 0 Å². The number of amides is 1.